The maximum atomic E-state index is 13.1. The van der Waals surface area contributed by atoms with Gasteiger partial charge in [-0.05, 0) is 45.0 Å². The minimum Gasteiger partial charge on any atom is -0.497 e. The number of hydrogen-bond acceptors (Lipinski definition) is 6. The first-order valence-electron chi connectivity index (χ1n) is 11.1. The number of carbonyl (C=O) groups excluding carboxylic acids is 1. The van der Waals surface area contributed by atoms with Gasteiger partial charge in [0, 0.05) is 43.9 Å². The highest BCUT2D eigenvalue weighted by atomic mass is 35.5. The Morgan fingerprint density at radius 1 is 1.06 bits per heavy atom. The lowest BCUT2D eigenvalue weighted by molar-refractivity contribution is 0.0647. The van der Waals surface area contributed by atoms with Gasteiger partial charge in [-0.1, -0.05) is 30.4 Å². The molecule has 9 heteroatoms. The van der Waals surface area contributed by atoms with Crippen molar-refractivity contribution in [3.05, 3.63) is 57.4 Å². The van der Waals surface area contributed by atoms with Crippen molar-refractivity contribution in [2.24, 2.45) is 0 Å². The number of amides is 1. The summed E-state index contributed by atoms with van der Waals surface area (Å²) in [6, 6.07) is 8.12. The van der Waals surface area contributed by atoms with Crippen LogP contribution in [0.4, 0.5) is 0 Å². The fraction of sp³-hybridized carbons (Fsp3) is 0.458. The molecule has 0 radical (unpaired) electrons. The molecule has 7 nitrogen and oxygen atoms in total. The third-order valence-corrected chi connectivity index (χ3v) is 7.37. The summed E-state index contributed by atoms with van der Waals surface area (Å²) in [4.78, 5) is 22.9. The fourth-order valence-corrected chi connectivity index (χ4v) is 5.19. The van der Waals surface area contributed by atoms with Crippen LogP contribution in [0.15, 0.2) is 24.3 Å². The molecule has 1 saturated heterocycles. The number of hydrogen-bond donors (Lipinski definition) is 0. The van der Waals surface area contributed by atoms with E-state index in [1.807, 2.05) is 35.6 Å². The standard InChI is InChI=1S/C24H31N5O2S.ClH/c1-6-27-11-13-28(14-12-27)23(30)22-17(3)25-24(32-22)29-18(4)21(16(2)26-29)15-19-7-9-20(31-5)10-8-19;/h7-10H,6,11-15H2,1-5H3;1H. The second-order valence-corrected chi connectivity index (χ2v) is 9.20. The predicted octanol–water partition coefficient (Wildman–Crippen LogP) is 4.05. The molecular formula is C24H32ClN5O2S. The molecule has 1 aliphatic rings. The summed E-state index contributed by atoms with van der Waals surface area (Å²) >= 11 is 1.44. The number of nitrogens with zero attached hydrogens (tertiary/aromatic N) is 5. The highest BCUT2D eigenvalue weighted by Gasteiger charge is 2.26. The van der Waals surface area contributed by atoms with Crippen molar-refractivity contribution >= 4 is 29.7 Å². The van der Waals surface area contributed by atoms with Gasteiger partial charge >= 0.3 is 0 Å². The van der Waals surface area contributed by atoms with Gasteiger partial charge in [0.1, 0.15) is 10.6 Å². The fourth-order valence-electron chi connectivity index (χ4n) is 4.15. The van der Waals surface area contributed by atoms with E-state index < -0.39 is 0 Å². The molecule has 3 heterocycles. The van der Waals surface area contributed by atoms with Crippen LogP contribution in [0.5, 0.6) is 5.75 Å². The van der Waals surface area contributed by atoms with E-state index in [0.29, 0.717) is 4.88 Å². The summed E-state index contributed by atoms with van der Waals surface area (Å²) in [5.41, 5.74) is 5.20. The lowest BCUT2D eigenvalue weighted by Gasteiger charge is -2.33. The Hall–Kier alpha value is -2.42. The van der Waals surface area contributed by atoms with Crippen molar-refractivity contribution in [1.82, 2.24) is 24.6 Å². The van der Waals surface area contributed by atoms with Gasteiger partial charge in [0.25, 0.3) is 5.91 Å². The Labute approximate surface area is 205 Å². The van der Waals surface area contributed by atoms with E-state index in [-0.39, 0.29) is 18.3 Å². The van der Waals surface area contributed by atoms with Crippen LogP contribution in [0.25, 0.3) is 5.13 Å². The van der Waals surface area contributed by atoms with E-state index in [4.69, 9.17) is 14.8 Å². The summed E-state index contributed by atoms with van der Waals surface area (Å²) in [6.45, 7) is 12.6. The van der Waals surface area contributed by atoms with Crippen LogP contribution in [0.2, 0.25) is 0 Å². The van der Waals surface area contributed by atoms with Crippen molar-refractivity contribution in [1.29, 1.82) is 0 Å². The minimum absolute atomic E-state index is 0. The minimum atomic E-state index is 0. The third-order valence-electron chi connectivity index (χ3n) is 6.25. The number of benzene rings is 1. The molecule has 4 rings (SSSR count). The Bertz CT molecular complexity index is 1100. The largest absolute Gasteiger partial charge is 0.497 e. The van der Waals surface area contributed by atoms with Crippen molar-refractivity contribution < 1.29 is 9.53 Å². The van der Waals surface area contributed by atoms with Crippen LogP contribution in [0.3, 0.4) is 0 Å². The van der Waals surface area contributed by atoms with Crippen LogP contribution < -0.4 is 4.74 Å². The molecule has 1 aromatic carbocycles. The quantitative estimate of drug-likeness (QED) is 0.522. The number of rotatable bonds is 6. The van der Waals surface area contributed by atoms with Gasteiger partial charge in [0.2, 0.25) is 5.13 Å². The van der Waals surface area contributed by atoms with E-state index in [9.17, 15) is 4.79 Å². The zero-order chi connectivity index (χ0) is 22.8. The first kappa shape index (κ1) is 25.2. The Kier molecular flexibility index (Phi) is 8.15. The monoisotopic (exact) mass is 489 g/mol. The Morgan fingerprint density at radius 3 is 2.33 bits per heavy atom. The molecule has 2 aromatic heterocycles. The molecule has 1 aliphatic heterocycles. The molecule has 0 atom stereocenters. The molecule has 1 amide bonds. The van der Waals surface area contributed by atoms with E-state index in [2.05, 4.69) is 30.9 Å². The summed E-state index contributed by atoms with van der Waals surface area (Å²) in [5.74, 6) is 0.937. The molecule has 0 N–H and O–H groups in total. The van der Waals surface area contributed by atoms with E-state index in [0.717, 1.165) is 67.1 Å². The van der Waals surface area contributed by atoms with Crippen LogP contribution in [-0.4, -0.2) is 70.3 Å². The predicted molar refractivity (Wildman–Crippen MR) is 135 cm³/mol. The lowest BCUT2D eigenvalue weighted by atomic mass is 10.0. The van der Waals surface area contributed by atoms with Crippen molar-refractivity contribution in [3.63, 3.8) is 0 Å². The summed E-state index contributed by atoms with van der Waals surface area (Å²) in [7, 11) is 1.67. The van der Waals surface area contributed by atoms with Gasteiger partial charge < -0.3 is 14.5 Å². The zero-order valence-electron chi connectivity index (χ0n) is 19.9. The summed E-state index contributed by atoms with van der Waals surface area (Å²) in [6.07, 6.45) is 0.791. The average Bonchev–Trinajstić information content (AvgIpc) is 3.33. The summed E-state index contributed by atoms with van der Waals surface area (Å²) < 4.78 is 7.15. The van der Waals surface area contributed by atoms with E-state index in [1.165, 1.54) is 22.5 Å². The zero-order valence-corrected chi connectivity index (χ0v) is 21.6. The van der Waals surface area contributed by atoms with Gasteiger partial charge in [-0.15, -0.1) is 12.4 Å². The lowest BCUT2D eigenvalue weighted by Crippen LogP contribution is -2.48. The van der Waals surface area contributed by atoms with Gasteiger partial charge in [0.05, 0.1) is 18.5 Å². The van der Waals surface area contributed by atoms with Crippen molar-refractivity contribution in [2.45, 2.75) is 34.1 Å². The number of piperazine rings is 1. The highest BCUT2D eigenvalue weighted by molar-refractivity contribution is 7.16. The first-order chi connectivity index (χ1) is 15.4. The SMILES string of the molecule is CCN1CCN(C(=O)c2sc(-n3nc(C)c(Cc4ccc(OC)cc4)c3C)nc2C)CC1.Cl. The maximum absolute atomic E-state index is 13.1. The molecular weight excluding hydrogens is 458 g/mol. The number of likely N-dealkylation sites (N-methyl/N-ethyl adjacent to an activating group) is 1. The molecule has 0 bridgehead atoms. The summed E-state index contributed by atoms with van der Waals surface area (Å²) in [5, 5.41) is 5.52. The van der Waals surface area contributed by atoms with Crippen molar-refractivity contribution in [2.75, 3.05) is 39.8 Å². The molecule has 178 valence electrons. The number of aryl methyl sites for hydroxylation is 2. The second kappa shape index (κ2) is 10.7. The van der Waals surface area contributed by atoms with E-state index in [1.54, 1.807) is 7.11 Å². The number of carbonyl (C=O) groups is 1. The van der Waals surface area contributed by atoms with Gasteiger partial charge in [-0.25, -0.2) is 9.67 Å². The van der Waals surface area contributed by atoms with Crippen LogP contribution in [0.1, 0.15) is 44.8 Å². The second-order valence-electron chi connectivity index (χ2n) is 8.22. The van der Waals surface area contributed by atoms with Crippen molar-refractivity contribution in [3.8, 4) is 10.9 Å². The topological polar surface area (TPSA) is 63.5 Å². The molecule has 0 spiro atoms. The molecule has 33 heavy (non-hydrogen) atoms. The molecule has 0 unspecified atom stereocenters. The molecule has 0 saturated carbocycles. The molecule has 3 aromatic rings. The number of halogens is 1. The number of aromatic nitrogens is 3. The Balaban J connectivity index is 0.00000306. The van der Waals surface area contributed by atoms with Crippen LogP contribution >= 0.6 is 23.7 Å². The number of methoxy groups -OCH3 is 1. The van der Waals surface area contributed by atoms with Crippen LogP contribution in [-0.2, 0) is 6.42 Å². The van der Waals surface area contributed by atoms with E-state index >= 15 is 0 Å². The van der Waals surface area contributed by atoms with Gasteiger partial charge in [-0.3, -0.25) is 4.79 Å². The third kappa shape index (κ3) is 5.23. The normalized spacial score (nSPS) is 14.3. The maximum Gasteiger partial charge on any atom is 0.266 e. The first-order valence-corrected chi connectivity index (χ1v) is 11.9. The van der Waals surface area contributed by atoms with Gasteiger partial charge in [-0.2, -0.15) is 5.10 Å². The van der Waals surface area contributed by atoms with Gasteiger partial charge in [0.15, 0.2) is 0 Å². The smallest absolute Gasteiger partial charge is 0.266 e. The number of thiazole rings is 1. The van der Waals surface area contributed by atoms with Crippen LogP contribution in [0, 0.1) is 20.8 Å². The molecule has 1 fully saturated rings. The number of ether oxygens (including phenoxy) is 1. The Morgan fingerprint density at radius 2 is 1.73 bits per heavy atom. The molecule has 0 aliphatic carbocycles. The average molecular weight is 490 g/mol. The highest BCUT2D eigenvalue weighted by Crippen LogP contribution is 2.27.